The molecule has 0 spiro atoms. The first-order valence-electron chi connectivity index (χ1n) is 9.76. The number of likely N-dealkylation sites (tertiary alicyclic amines) is 1. The molecular weight excluding hydrogens is 256 g/mol. The number of likely N-dealkylation sites (N-methyl/N-ethyl adjacent to an activating group) is 1. The van der Waals surface area contributed by atoms with Crippen LogP contribution in [0.4, 0.5) is 0 Å². The maximum Gasteiger partial charge on any atom is 0.0249 e. The molecule has 0 aromatic carbocycles. The summed E-state index contributed by atoms with van der Waals surface area (Å²) >= 11 is 0. The van der Waals surface area contributed by atoms with Gasteiger partial charge in [-0.15, -0.1) is 0 Å². The van der Waals surface area contributed by atoms with Gasteiger partial charge in [0, 0.05) is 18.6 Å². The van der Waals surface area contributed by atoms with Crippen LogP contribution in [0.2, 0.25) is 0 Å². The smallest absolute Gasteiger partial charge is 0.0249 e. The van der Waals surface area contributed by atoms with Gasteiger partial charge in [0.2, 0.25) is 0 Å². The van der Waals surface area contributed by atoms with Crippen LogP contribution in [0.1, 0.15) is 84.0 Å². The second-order valence-corrected chi connectivity index (χ2v) is 7.43. The first-order valence-corrected chi connectivity index (χ1v) is 9.76. The van der Waals surface area contributed by atoms with Crippen LogP contribution in [-0.2, 0) is 0 Å². The van der Waals surface area contributed by atoms with Crippen molar-refractivity contribution >= 4 is 0 Å². The van der Waals surface area contributed by atoms with Gasteiger partial charge in [0.1, 0.15) is 0 Å². The van der Waals surface area contributed by atoms with E-state index in [1.807, 2.05) is 0 Å². The molecule has 1 aliphatic heterocycles. The topological polar surface area (TPSA) is 15.3 Å². The van der Waals surface area contributed by atoms with Gasteiger partial charge in [-0.05, 0) is 38.8 Å². The normalized spacial score (nSPS) is 34.3. The third-order valence-electron chi connectivity index (χ3n) is 5.96. The Kier molecular flexibility index (Phi) is 8.10. The zero-order valence-corrected chi connectivity index (χ0v) is 14.6. The molecule has 0 radical (unpaired) electrons. The third kappa shape index (κ3) is 5.56. The molecule has 0 bridgehead atoms. The Hall–Kier alpha value is -0.0800. The summed E-state index contributed by atoms with van der Waals surface area (Å²) in [6.45, 7) is 5.07. The molecule has 1 aliphatic carbocycles. The monoisotopic (exact) mass is 294 g/mol. The number of nitrogens with zero attached hydrogens (tertiary/aromatic N) is 1. The highest BCUT2D eigenvalue weighted by atomic mass is 15.2. The minimum Gasteiger partial charge on any atom is -0.315 e. The van der Waals surface area contributed by atoms with Gasteiger partial charge < -0.3 is 5.32 Å². The quantitative estimate of drug-likeness (QED) is 0.819. The molecule has 1 N–H and O–H groups in total. The molecule has 0 amide bonds. The predicted octanol–water partition coefficient (Wildman–Crippen LogP) is 4.59. The van der Waals surface area contributed by atoms with Crippen LogP contribution < -0.4 is 5.32 Å². The van der Waals surface area contributed by atoms with Gasteiger partial charge in [0.15, 0.2) is 0 Å². The Balaban J connectivity index is 1.93. The molecule has 0 aromatic rings. The van der Waals surface area contributed by atoms with Crippen molar-refractivity contribution in [2.45, 2.75) is 96.1 Å². The molecule has 1 heterocycles. The van der Waals surface area contributed by atoms with Crippen LogP contribution in [-0.4, -0.2) is 37.1 Å². The van der Waals surface area contributed by atoms with E-state index in [0.29, 0.717) is 0 Å². The van der Waals surface area contributed by atoms with Gasteiger partial charge in [0.05, 0.1) is 0 Å². The Morgan fingerprint density at radius 2 is 1.48 bits per heavy atom. The molecule has 2 rings (SSSR count). The standard InChI is InChI=1S/C19H38N2/c1-3-17-14-15-21(16-17)19-13-11-9-7-5-4-6-8-10-12-18(19)20-2/h17-20H,3-16H2,1-2H3. The molecule has 1 saturated carbocycles. The molecular formula is C19H38N2. The van der Waals surface area contributed by atoms with Gasteiger partial charge in [-0.25, -0.2) is 0 Å². The summed E-state index contributed by atoms with van der Waals surface area (Å²) in [5, 5.41) is 3.67. The molecule has 3 unspecified atom stereocenters. The zero-order chi connectivity index (χ0) is 14.9. The van der Waals surface area contributed by atoms with E-state index in [-0.39, 0.29) is 0 Å². The highest BCUT2D eigenvalue weighted by molar-refractivity contribution is 4.88. The van der Waals surface area contributed by atoms with E-state index in [4.69, 9.17) is 0 Å². The Morgan fingerprint density at radius 1 is 0.857 bits per heavy atom. The zero-order valence-electron chi connectivity index (χ0n) is 14.6. The first-order chi connectivity index (χ1) is 10.3. The minimum atomic E-state index is 0.722. The molecule has 2 fully saturated rings. The fraction of sp³-hybridized carbons (Fsp3) is 1.00. The SMILES string of the molecule is CCC1CCN(C2CCCCCCCCCCC2NC)C1. The minimum absolute atomic E-state index is 0.722. The summed E-state index contributed by atoms with van der Waals surface area (Å²) in [5.74, 6) is 0.962. The fourth-order valence-corrected chi connectivity index (χ4v) is 4.44. The molecule has 124 valence electrons. The number of hydrogen-bond acceptors (Lipinski definition) is 2. The number of nitrogens with one attached hydrogen (secondary N) is 1. The average Bonchev–Trinajstić information content (AvgIpc) is 2.96. The Morgan fingerprint density at radius 3 is 2.05 bits per heavy atom. The Labute approximate surface area is 133 Å². The van der Waals surface area contributed by atoms with Crippen LogP contribution >= 0.6 is 0 Å². The number of rotatable bonds is 3. The van der Waals surface area contributed by atoms with Crippen LogP contribution in [0.3, 0.4) is 0 Å². The van der Waals surface area contributed by atoms with E-state index in [1.165, 1.54) is 90.1 Å². The molecule has 2 heteroatoms. The molecule has 0 aromatic heterocycles. The van der Waals surface area contributed by atoms with Crippen LogP contribution in [0, 0.1) is 5.92 Å². The lowest BCUT2D eigenvalue weighted by Gasteiger charge is -2.35. The van der Waals surface area contributed by atoms with E-state index in [0.717, 1.165) is 18.0 Å². The molecule has 21 heavy (non-hydrogen) atoms. The lowest BCUT2D eigenvalue weighted by molar-refractivity contribution is 0.166. The Bertz CT molecular complexity index is 266. The molecule has 1 saturated heterocycles. The van der Waals surface area contributed by atoms with Crippen molar-refractivity contribution < 1.29 is 0 Å². The van der Waals surface area contributed by atoms with Gasteiger partial charge >= 0.3 is 0 Å². The average molecular weight is 295 g/mol. The summed E-state index contributed by atoms with van der Waals surface area (Å²) in [6.07, 6.45) is 17.2. The molecule has 3 atom stereocenters. The summed E-state index contributed by atoms with van der Waals surface area (Å²) < 4.78 is 0. The van der Waals surface area contributed by atoms with Crippen molar-refractivity contribution in [2.24, 2.45) is 5.92 Å². The summed E-state index contributed by atoms with van der Waals surface area (Å²) in [5.41, 5.74) is 0. The number of hydrogen-bond donors (Lipinski definition) is 1. The third-order valence-corrected chi connectivity index (χ3v) is 5.96. The van der Waals surface area contributed by atoms with Gasteiger partial charge in [0.25, 0.3) is 0 Å². The van der Waals surface area contributed by atoms with Crippen molar-refractivity contribution in [1.29, 1.82) is 0 Å². The maximum atomic E-state index is 3.67. The van der Waals surface area contributed by atoms with E-state index in [9.17, 15) is 0 Å². The van der Waals surface area contributed by atoms with E-state index >= 15 is 0 Å². The van der Waals surface area contributed by atoms with Gasteiger partial charge in [-0.1, -0.05) is 64.7 Å². The lowest BCUT2D eigenvalue weighted by atomic mass is 9.93. The lowest BCUT2D eigenvalue weighted by Crippen LogP contribution is -2.48. The molecule has 2 aliphatic rings. The highest BCUT2D eigenvalue weighted by Gasteiger charge is 2.31. The van der Waals surface area contributed by atoms with E-state index in [1.54, 1.807) is 0 Å². The van der Waals surface area contributed by atoms with Crippen molar-refractivity contribution in [3.8, 4) is 0 Å². The summed E-state index contributed by atoms with van der Waals surface area (Å²) in [4.78, 5) is 2.83. The van der Waals surface area contributed by atoms with Crippen molar-refractivity contribution in [3.63, 3.8) is 0 Å². The summed E-state index contributed by atoms with van der Waals surface area (Å²) in [7, 11) is 2.19. The van der Waals surface area contributed by atoms with Crippen LogP contribution in [0.5, 0.6) is 0 Å². The van der Waals surface area contributed by atoms with Gasteiger partial charge in [-0.3, -0.25) is 4.90 Å². The van der Waals surface area contributed by atoms with Crippen molar-refractivity contribution in [3.05, 3.63) is 0 Å². The molecule has 2 nitrogen and oxygen atoms in total. The highest BCUT2D eigenvalue weighted by Crippen LogP contribution is 2.27. The van der Waals surface area contributed by atoms with Crippen molar-refractivity contribution in [1.82, 2.24) is 10.2 Å². The predicted molar refractivity (Wildman–Crippen MR) is 92.8 cm³/mol. The fourth-order valence-electron chi connectivity index (χ4n) is 4.44. The van der Waals surface area contributed by atoms with Crippen molar-refractivity contribution in [2.75, 3.05) is 20.1 Å². The largest absolute Gasteiger partial charge is 0.315 e. The second kappa shape index (κ2) is 9.84. The first kappa shape index (κ1) is 17.3. The maximum absolute atomic E-state index is 3.67. The van der Waals surface area contributed by atoms with Gasteiger partial charge in [-0.2, -0.15) is 0 Å². The van der Waals surface area contributed by atoms with Crippen LogP contribution in [0.25, 0.3) is 0 Å². The van der Waals surface area contributed by atoms with E-state index < -0.39 is 0 Å². The van der Waals surface area contributed by atoms with E-state index in [2.05, 4.69) is 24.2 Å². The summed E-state index contributed by atoms with van der Waals surface area (Å²) in [6, 6.07) is 1.52. The van der Waals surface area contributed by atoms with Crippen LogP contribution in [0.15, 0.2) is 0 Å². The second-order valence-electron chi connectivity index (χ2n) is 7.43.